The summed E-state index contributed by atoms with van der Waals surface area (Å²) in [7, 11) is 0. The van der Waals surface area contributed by atoms with E-state index in [9.17, 15) is 24.3 Å². The Labute approximate surface area is 309 Å². The van der Waals surface area contributed by atoms with E-state index >= 15 is 0 Å². The van der Waals surface area contributed by atoms with Gasteiger partial charge in [-0.3, -0.25) is 9.59 Å². The molecule has 0 unspecified atom stereocenters. The van der Waals surface area contributed by atoms with Crippen molar-refractivity contribution in [3.63, 3.8) is 0 Å². The summed E-state index contributed by atoms with van der Waals surface area (Å²) >= 11 is 0. The summed E-state index contributed by atoms with van der Waals surface area (Å²) in [4.78, 5) is 53.6. The van der Waals surface area contributed by atoms with E-state index in [-0.39, 0.29) is 56.8 Å². The van der Waals surface area contributed by atoms with Crippen LogP contribution in [0.25, 0.3) is 11.1 Å². The highest BCUT2D eigenvalue weighted by molar-refractivity contribution is 5.86. The van der Waals surface area contributed by atoms with Gasteiger partial charge in [0.05, 0.1) is 24.6 Å². The quantitative estimate of drug-likeness (QED) is 0.121. The first-order valence-corrected chi connectivity index (χ1v) is 18.1. The number of esters is 1. The van der Waals surface area contributed by atoms with Crippen LogP contribution in [0.1, 0.15) is 59.9 Å². The number of rotatable bonds is 10. The molecule has 274 valence electrons. The molecule has 0 saturated carbocycles. The molecule has 0 aromatic heterocycles. The molecule has 10 nitrogen and oxygen atoms in total. The van der Waals surface area contributed by atoms with Crippen molar-refractivity contribution >= 4 is 23.9 Å². The molecule has 1 aliphatic heterocycles. The Morgan fingerprint density at radius 2 is 1.49 bits per heavy atom. The van der Waals surface area contributed by atoms with Gasteiger partial charge in [-0.25, -0.2) is 9.59 Å². The molecular formula is C43H45N3O7. The number of fused-ring (bicyclic) bond motifs is 3. The lowest BCUT2D eigenvalue weighted by Crippen LogP contribution is -2.44. The summed E-state index contributed by atoms with van der Waals surface area (Å²) in [6.45, 7) is -0.332. The average Bonchev–Trinajstić information content (AvgIpc) is 3.51. The van der Waals surface area contributed by atoms with E-state index in [1.165, 1.54) is 0 Å². The summed E-state index contributed by atoms with van der Waals surface area (Å²) in [6, 6.07) is 32.6. The van der Waals surface area contributed by atoms with E-state index in [0.29, 0.717) is 18.4 Å². The van der Waals surface area contributed by atoms with Gasteiger partial charge in [-0.15, -0.1) is 0 Å². The molecule has 4 N–H and O–H groups in total. The van der Waals surface area contributed by atoms with Crippen molar-refractivity contribution in [1.29, 1.82) is 0 Å². The molecule has 2 aliphatic rings. The minimum absolute atomic E-state index is 0.101. The third-order valence-electron chi connectivity index (χ3n) is 9.75. The van der Waals surface area contributed by atoms with E-state index in [2.05, 4.69) is 28.1 Å². The fourth-order valence-corrected chi connectivity index (χ4v) is 6.99. The van der Waals surface area contributed by atoms with Crippen LogP contribution in [0.5, 0.6) is 0 Å². The molecule has 1 heterocycles. The largest absolute Gasteiger partial charge is 0.462 e. The number of benzene rings is 4. The summed E-state index contributed by atoms with van der Waals surface area (Å²) in [5.74, 6) is -2.23. The first kappa shape index (κ1) is 37.0. The monoisotopic (exact) mass is 715 g/mol. The zero-order valence-electron chi connectivity index (χ0n) is 29.5. The highest BCUT2D eigenvalue weighted by Gasteiger charge is 2.31. The van der Waals surface area contributed by atoms with Gasteiger partial charge in [0.1, 0.15) is 19.3 Å². The fourth-order valence-electron chi connectivity index (χ4n) is 6.99. The van der Waals surface area contributed by atoms with Crippen molar-refractivity contribution < 1.29 is 33.8 Å². The van der Waals surface area contributed by atoms with Gasteiger partial charge < -0.3 is 30.5 Å². The first-order chi connectivity index (χ1) is 25.9. The van der Waals surface area contributed by atoms with Crippen molar-refractivity contribution in [2.75, 3.05) is 19.8 Å². The second-order valence-electron chi connectivity index (χ2n) is 13.4. The standard InChI is InChI=1S/C43H45N3O7/c47-26-32(24-29-14-4-1-5-15-29)44-40(48)25-31-18-8-3-9-23-38(42(50)52-28-39(45-41(31)49)30-16-6-2-7-17-30)46-43(51)53-27-37-35-21-12-10-19-33(35)34-20-11-13-22-36(34)37/h1-8,10-17,19-22,31-32,37-39,47H,9,18,23-28H2,(H,44,48)(H,45,49)(H,46,51)/t31-,32-,38+,39+/m1/s1. The van der Waals surface area contributed by atoms with E-state index in [4.69, 9.17) is 9.47 Å². The Bertz CT molecular complexity index is 1850. The maximum Gasteiger partial charge on any atom is 0.407 e. The number of aliphatic hydroxyl groups excluding tert-OH is 1. The van der Waals surface area contributed by atoms with Gasteiger partial charge >= 0.3 is 12.1 Å². The van der Waals surface area contributed by atoms with Crippen LogP contribution in [0.4, 0.5) is 4.79 Å². The predicted octanol–water partition coefficient (Wildman–Crippen LogP) is 5.76. The number of hydrogen-bond acceptors (Lipinski definition) is 7. The van der Waals surface area contributed by atoms with Gasteiger partial charge in [-0.2, -0.15) is 0 Å². The zero-order chi connectivity index (χ0) is 37.0. The normalized spacial score (nSPS) is 19.5. The summed E-state index contributed by atoms with van der Waals surface area (Å²) in [5.41, 5.74) is 6.08. The summed E-state index contributed by atoms with van der Waals surface area (Å²) < 4.78 is 11.5. The molecule has 0 saturated heterocycles. The molecule has 3 amide bonds. The smallest absolute Gasteiger partial charge is 0.407 e. The second-order valence-corrected chi connectivity index (χ2v) is 13.4. The van der Waals surface area contributed by atoms with Gasteiger partial charge in [-0.05, 0) is 59.1 Å². The molecule has 4 aromatic carbocycles. The number of cyclic esters (lactones) is 1. The minimum atomic E-state index is -0.996. The number of hydrogen-bond donors (Lipinski definition) is 4. The average molecular weight is 716 g/mol. The van der Waals surface area contributed by atoms with Gasteiger partial charge in [0, 0.05) is 12.3 Å². The maximum atomic E-state index is 13.7. The molecule has 10 heteroatoms. The Morgan fingerprint density at radius 1 is 0.849 bits per heavy atom. The van der Waals surface area contributed by atoms with Crippen molar-refractivity contribution in [2.45, 2.75) is 56.1 Å². The number of amides is 3. The molecule has 4 aromatic rings. The number of ether oxygens (including phenoxy) is 2. The first-order valence-electron chi connectivity index (χ1n) is 18.1. The molecule has 6 rings (SSSR count). The number of aliphatic hydroxyl groups is 1. The molecule has 1 aliphatic carbocycles. The van der Waals surface area contributed by atoms with E-state index in [1.54, 1.807) is 0 Å². The van der Waals surface area contributed by atoms with Crippen LogP contribution in [0.15, 0.2) is 121 Å². The fraction of sp³-hybridized carbons (Fsp3) is 0.302. The van der Waals surface area contributed by atoms with Crippen molar-refractivity contribution in [2.24, 2.45) is 5.92 Å². The van der Waals surface area contributed by atoms with Crippen LogP contribution in [0.3, 0.4) is 0 Å². The molecular weight excluding hydrogens is 670 g/mol. The van der Waals surface area contributed by atoms with E-state index in [0.717, 1.165) is 27.8 Å². The lowest BCUT2D eigenvalue weighted by Gasteiger charge is -2.24. The molecule has 0 bridgehead atoms. The second kappa shape index (κ2) is 18.1. The van der Waals surface area contributed by atoms with Gasteiger partial charge in [0.15, 0.2) is 0 Å². The highest BCUT2D eigenvalue weighted by Crippen LogP contribution is 2.44. The molecule has 0 spiro atoms. The van der Waals surface area contributed by atoms with Gasteiger partial charge in [0.2, 0.25) is 11.8 Å². The van der Waals surface area contributed by atoms with Crippen molar-refractivity contribution in [1.82, 2.24) is 16.0 Å². The summed E-state index contributed by atoms with van der Waals surface area (Å²) in [5, 5.41) is 18.5. The topological polar surface area (TPSA) is 143 Å². The van der Waals surface area contributed by atoms with Crippen LogP contribution in [0.2, 0.25) is 0 Å². The number of carbonyl (C=O) groups is 4. The van der Waals surface area contributed by atoms with Crippen LogP contribution in [0, 0.1) is 5.92 Å². The van der Waals surface area contributed by atoms with Crippen LogP contribution in [-0.4, -0.2) is 60.9 Å². The van der Waals surface area contributed by atoms with Crippen LogP contribution < -0.4 is 16.0 Å². The lowest BCUT2D eigenvalue weighted by molar-refractivity contribution is -0.147. The van der Waals surface area contributed by atoms with Gasteiger partial charge in [0.25, 0.3) is 0 Å². The number of nitrogens with one attached hydrogen (secondary N) is 3. The van der Waals surface area contributed by atoms with Crippen molar-refractivity contribution in [3.8, 4) is 11.1 Å². The Morgan fingerprint density at radius 3 is 2.17 bits per heavy atom. The predicted molar refractivity (Wildman–Crippen MR) is 201 cm³/mol. The Balaban J connectivity index is 1.11. The number of allylic oxidation sites excluding steroid dienone is 2. The Hall–Kier alpha value is -5.74. The molecule has 53 heavy (non-hydrogen) atoms. The van der Waals surface area contributed by atoms with Gasteiger partial charge in [-0.1, -0.05) is 121 Å². The Kier molecular flexibility index (Phi) is 12.7. The maximum absolute atomic E-state index is 13.7. The van der Waals surface area contributed by atoms with Crippen LogP contribution in [-0.2, 0) is 30.3 Å². The number of carbonyl (C=O) groups excluding carboxylic acids is 4. The third kappa shape index (κ3) is 9.78. The molecule has 0 radical (unpaired) electrons. The summed E-state index contributed by atoms with van der Waals surface area (Å²) in [6.07, 6.45) is 4.17. The SMILES string of the molecule is O=C(C[C@H]1CC=CCC[C@H](NC(=O)OCC2c3ccccc3-c3ccccc32)C(=O)OC[C@@H](c2ccccc2)NC1=O)N[C@@H](CO)Cc1ccccc1. The highest BCUT2D eigenvalue weighted by atomic mass is 16.6. The van der Waals surface area contributed by atoms with Crippen LogP contribution >= 0.6 is 0 Å². The molecule has 0 fully saturated rings. The molecule has 4 atom stereocenters. The zero-order valence-corrected chi connectivity index (χ0v) is 29.5. The number of alkyl carbamates (subject to hydrolysis) is 1. The minimum Gasteiger partial charge on any atom is -0.462 e. The van der Waals surface area contributed by atoms with E-state index < -0.39 is 36.1 Å². The third-order valence-corrected chi connectivity index (χ3v) is 9.75. The van der Waals surface area contributed by atoms with E-state index in [1.807, 2.05) is 109 Å². The lowest BCUT2D eigenvalue weighted by atomic mass is 9.97. The van der Waals surface area contributed by atoms with Crippen molar-refractivity contribution in [3.05, 3.63) is 144 Å².